The van der Waals surface area contributed by atoms with Gasteiger partial charge < -0.3 is 10.2 Å². The maximum absolute atomic E-state index is 12.4. The van der Waals surface area contributed by atoms with Crippen molar-refractivity contribution in [3.05, 3.63) is 60.9 Å². The number of fused-ring (bicyclic) bond motifs is 5. The van der Waals surface area contributed by atoms with Crippen LogP contribution in [0.15, 0.2) is 18.2 Å². The van der Waals surface area contributed by atoms with Crippen molar-refractivity contribution in [3.8, 4) is 17.6 Å². The summed E-state index contributed by atoms with van der Waals surface area (Å²) in [4.78, 5) is 12.4. The molecule has 0 bridgehead atoms. The zero-order chi connectivity index (χ0) is 20.2. The Bertz CT molecular complexity index is 887. The van der Waals surface area contributed by atoms with E-state index in [1.54, 1.807) is 18.9 Å². The van der Waals surface area contributed by atoms with Gasteiger partial charge in [0.2, 0.25) is 5.78 Å². The highest BCUT2D eigenvalue weighted by atomic mass is 16.3. The number of rotatable bonds is 1. The van der Waals surface area contributed by atoms with Crippen LogP contribution in [0.5, 0.6) is 5.75 Å². The minimum Gasteiger partial charge on any atom is -0.508 e. The standard InChI is InChI=1S/C26H27O3/c1-25-13-10-21-20-9-7-19(27)16-18(20)6-8-22(21)23(25)11-14-26(25,29)15-12-24(28)17-4-2-3-5-17/h2-5,7,9,16,21-23,27,29H,6,8,10-11,13-14H2,1H3/t21-,22-,23+,25+,26-/m1/s1. The quantitative estimate of drug-likeness (QED) is 0.567. The molecule has 0 spiro atoms. The number of benzene rings is 1. The summed E-state index contributed by atoms with van der Waals surface area (Å²) in [6, 6.07) is 5.83. The Hall–Kier alpha value is -1.79. The van der Waals surface area contributed by atoms with Crippen molar-refractivity contribution in [1.29, 1.82) is 0 Å². The summed E-state index contributed by atoms with van der Waals surface area (Å²) in [5.41, 5.74) is 1.29. The molecule has 0 heterocycles. The average molecular weight is 387 g/mol. The van der Waals surface area contributed by atoms with Gasteiger partial charge in [0.05, 0.1) is 5.92 Å². The molecule has 5 atom stereocenters. The van der Waals surface area contributed by atoms with Gasteiger partial charge in [-0.2, -0.15) is 0 Å². The minimum atomic E-state index is -1.10. The third-order valence-corrected chi connectivity index (χ3v) is 8.17. The molecule has 4 aliphatic rings. The number of aryl methyl sites for hydroxylation is 1. The van der Waals surface area contributed by atoms with Crippen LogP contribution in [0.1, 0.15) is 56.1 Å². The molecule has 4 aliphatic carbocycles. The van der Waals surface area contributed by atoms with Crippen LogP contribution in [0.3, 0.4) is 0 Å². The number of carbonyl (C=O) groups excluding carboxylic acids is 1. The molecular weight excluding hydrogens is 360 g/mol. The zero-order valence-electron chi connectivity index (χ0n) is 16.8. The number of carbonyl (C=O) groups is 1. The molecule has 29 heavy (non-hydrogen) atoms. The zero-order valence-corrected chi connectivity index (χ0v) is 16.8. The summed E-state index contributed by atoms with van der Waals surface area (Å²) in [6.07, 6.45) is 12.8. The Morgan fingerprint density at radius 2 is 1.93 bits per heavy atom. The smallest absolute Gasteiger partial charge is 0.213 e. The number of Topliss-reactive ketones (excluding diaryl/α,β-unsaturated/α-hetero) is 1. The lowest BCUT2D eigenvalue weighted by molar-refractivity contribution is -0.111. The normalized spacial score (nSPS) is 38.5. The monoisotopic (exact) mass is 387 g/mol. The molecule has 0 unspecified atom stereocenters. The number of hydrogen-bond donors (Lipinski definition) is 2. The van der Waals surface area contributed by atoms with Crippen LogP contribution in [0.2, 0.25) is 0 Å². The van der Waals surface area contributed by atoms with Gasteiger partial charge >= 0.3 is 0 Å². The Kier molecular flexibility index (Phi) is 4.55. The van der Waals surface area contributed by atoms with E-state index in [-0.39, 0.29) is 11.2 Å². The number of ketones is 1. The highest BCUT2D eigenvalue weighted by molar-refractivity contribution is 6.09. The van der Waals surface area contributed by atoms with E-state index in [9.17, 15) is 15.0 Å². The fourth-order valence-corrected chi connectivity index (χ4v) is 6.55. The molecule has 0 saturated heterocycles. The molecule has 2 N–H and O–H groups in total. The van der Waals surface area contributed by atoms with Gasteiger partial charge in [0.25, 0.3) is 0 Å². The van der Waals surface area contributed by atoms with E-state index in [2.05, 4.69) is 24.8 Å². The molecule has 0 aliphatic heterocycles. The highest BCUT2D eigenvalue weighted by Gasteiger charge is 2.61. The maximum Gasteiger partial charge on any atom is 0.213 e. The summed E-state index contributed by atoms with van der Waals surface area (Å²) in [5.74, 6) is 7.96. The number of hydrogen-bond acceptors (Lipinski definition) is 3. The number of phenols is 1. The second kappa shape index (κ2) is 6.88. The highest BCUT2D eigenvalue weighted by Crippen LogP contribution is 2.64. The van der Waals surface area contributed by atoms with Gasteiger partial charge in [-0.05, 0) is 111 Å². The van der Waals surface area contributed by atoms with Crippen molar-refractivity contribution in [2.45, 2.75) is 57.0 Å². The van der Waals surface area contributed by atoms with Crippen molar-refractivity contribution in [2.75, 3.05) is 0 Å². The van der Waals surface area contributed by atoms with E-state index in [4.69, 9.17) is 0 Å². The first kappa shape index (κ1) is 19.2. The molecule has 5 radical (unpaired) electrons. The first-order valence-corrected chi connectivity index (χ1v) is 10.7. The summed E-state index contributed by atoms with van der Waals surface area (Å²) < 4.78 is 0. The van der Waals surface area contributed by atoms with Crippen LogP contribution in [0.4, 0.5) is 0 Å². The Balaban J connectivity index is 1.40. The number of phenolic OH excluding ortho intramolecular Hbond substituents is 1. The van der Waals surface area contributed by atoms with E-state index >= 15 is 0 Å². The third-order valence-electron chi connectivity index (χ3n) is 8.17. The van der Waals surface area contributed by atoms with Crippen molar-refractivity contribution >= 4 is 5.78 Å². The van der Waals surface area contributed by atoms with E-state index in [1.807, 2.05) is 18.9 Å². The molecule has 1 aromatic rings. The fourth-order valence-electron chi connectivity index (χ4n) is 6.55. The molecule has 3 nitrogen and oxygen atoms in total. The van der Waals surface area contributed by atoms with Crippen molar-refractivity contribution in [3.63, 3.8) is 0 Å². The van der Waals surface area contributed by atoms with Crippen LogP contribution in [-0.2, 0) is 11.2 Å². The lowest BCUT2D eigenvalue weighted by atomic mass is 9.53. The summed E-state index contributed by atoms with van der Waals surface area (Å²) in [5, 5.41) is 21.4. The van der Waals surface area contributed by atoms with Crippen LogP contribution >= 0.6 is 0 Å². The van der Waals surface area contributed by atoms with Crippen LogP contribution in [0, 0.1) is 60.7 Å². The largest absolute Gasteiger partial charge is 0.508 e. The maximum atomic E-state index is 12.4. The minimum absolute atomic E-state index is 0.212. The molecule has 1 aromatic carbocycles. The number of aliphatic hydroxyl groups is 1. The average Bonchev–Trinajstić information content (AvgIpc) is 3.33. The van der Waals surface area contributed by atoms with Crippen LogP contribution in [0.25, 0.3) is 0 Å². The van der Waals surface area contributed by atoms with E-state index < -0.39 is 5.60 Å². The molecule has 5 rings (SSSR count). The van der Waals surface area contributed by atoms with Crippen molar-refractivity contribution < 1.29 is 15.0 Å². The van der Waals surface area contributed by atoms with Crippen LogP contribution in [-0.4, -0.2) is 21.6 Å². The fraction of sp³-hybridized carbons (Fsp3) is 0.462. The number of aromatic hydroxyl groups is 1. The van der Waals surface area contributed by atoms with Gasteiger partial charge in [0, 0.05) is 5.41 Å². The first-order chi connectivity index (χ1) is 13.9. The summed E-state index contributed by atoms with van der Waals surface area (Å²) in [7, 11) is 0. The lowest BCUT2D eigenvalue weighted by Crippen LogP contribution is -2.50. The van der Waals surface area contributed by atoms with Gasteiger partial charge in [0.1, 0.15) is 11.4 Å². The second-order valence-electron chi connectivity index (χ2n) is 9.41. The second-order valence-corrected chi connectivity index (χ2v) is 9.41. The molecule has 0 amide bonds. The molecule has 3 saturated carbocycles. The topological polar surface area (TPSA) is 57.5 Å². The van der Waals surface area contributed by atoms with Crippen molar-refractivity contribution in [1.82, 2.24) is 0 Å². The molecule has 0 aromatic heterocycles. The SMILES string of the molecule is C[C@]12CC[C@@H]3c4ccc(O)cc4CC[C@H]3[C@@H]1CC[C@@]2(O)C#CC(=O)[C]1[CH][CH][CH][CH]1. The Labute approximate surface area is 173 Å². The molecule has 149 valence electrons. The van der Waals surface area contributed by atoms with Crippen molar-refractivity contribution in [2.24, 2.45) is 17.3 Å². The van der Waals surface area contributed by atoms with E-state index in [0.29, 0.717) is 35.8 Å². The van der Waals surface area contributed by atoms with Crippen LogP contribution < -0.4 is 0 Å². The van der Waals surface area contributed by atoms with E-state index in [1.165, 1.54) is 11.1 Å². The Morgan fingerprint density at radius 1 is 1.14 bits per heavy atom. The summed E-state index contributed by atoms with van der Waals surface area (Å²) in [6.45, 7) is 2.19. The third kappa shape index (κ3) is 2.95. The van der Waals surface area contributed by atoms with E-state index in [0.717, 1.165) is 32.1 Å². The lowest BCUT2D eigenvalue weighted by Gasteiger charge is -2.52. The Morgan fingerprint density at radius 3 is 2.72 bits per heavy atom. The molecule has 3 heteroatoms. The van der Waals surface area contributed by atoms with Gasteiger partial charge in [-0.25, -0.2) is 0 Å². The van der Waals surface area contributed by atoms with Gasteiger partial charge in [-0.15, -0.1) is 0 Å². The van der Waals surface area contributed by atoms with Gasteiger partial charge in [-0.3, -0.25) is 4.79 Å². The van der Waals surface area contributed by atoms with Gasteiger partial charge in [0.15, 0.2) is 0 Å². The molecular formula is C26H27O3. The first-order valence-electron chi connectivity index (χ1n) is 10.7. The van der Waals surface area contributed by atoms with Gasteiger partial charge in [-0.1, -0.05) is 18.9 Å². The predicted molar refractivity (Wildman–Crippen MR) is 111 cm³/mol. The predicted octanol–water partition coefficient (Wildman–Crippen LogP) is 3.96. The molecule has 3 fully saturated rings. The summed E-state index contributed by atoms with van der Waals surface area (Å²) >= 11 is 0.